The van der Waals surface area contributed by atoms with Crippen molar-refractivity contribution in [1.29, 1.82) is 0 Å². The molecule has 0 N–H and O–H groups in total. The van der Waals surface area contributed by atoms with Crippen molar-refractivity contribution in [2.45, 2.75) is 58.3 Å². The van der Waals surface area contributed by atoms with Crippen LogP contribution < -0.4 is 0 Å². The molecule has 67 valence electrons. The van der Waals surface area contributed by atoms with Crippen LogP contribution in [0.5, 0.6) is 0 Å². The molecule has 1 radical (unpaired) electrons. The summed E-state index contributed by atoms with van der Waals surface area (Å²) < 4.78 is 0. The van der Waals surface area contributed by atoms with Gasteiger partial charge in [-0.05, 0) is 0 Å². The zero-order valence-corrected chi connectivity index (χ0v) is 7.36. The van der Waals surface area contributed by atoms with Crippen molar-refractivity contribution < 1.29 is 0 Å². The first-order chi connectivity index (χ1) is 4.91. The smallest absolute Gasteiger partial charge is 0.316 e. The van der Waals surface area contributed by atoms with Gasteiger partial charge in [-0.3, -0.25) is 0 Å². The minimum Gasteiger partial charge on any atom is 0.316 e. The maximum Gasteiger partial charge on any atom is 0.316 e. The van der Waals surface area contributed by atoms with Crippen LogP contribution in [0.1, 0.15) is 58.3 Å². The average molecular weight is 176 g/mol. The van der Waals surface area contributed by atoms with Gasteiger partial charge in [-0.1, -0.05) is 65.2 Å². The Bertz CT molecular complexity index is 49.8. The van der Waals surface area contributed by atoms with Crippen LogP contribution in [0.3, 0.4) is 0 Å². The van der Waals surface area contributed by atoms with Gasteiger partial charge in [-0.2, -0.15) is 0 Å². The van der Waals surface area contributed by atoms with Gasteiger partial charge in [-0.15, -0.1) is 0 Å². The molecular weight excluding hydrogens is 151 g/mol. The maximum absolute atomic E-state index is 3.82. The van der Waals surface area contributed by atoms with Crippen molar-refractivity contribution in [3.05, 3.63) is 6.92 Å². The van der Waals surface area contributed by atoms with Crippen molar-refractivity contribution in [1.82, 2.24) is 0 Å². The van der Waals surface area contributed by atoms with Crippen molar-refractivity contribution in [2.24, 2.45) is 0 Å². The van der Waals surface area contributed by atoms with Gasteiger partial charge in [0.15, 0.2) is 0 Å². The standard InChI is InChI=1S/C10H21.Li.Mg.3H/c1-3-5-7-9-10-8-6-4-2;;;;;/h1,3-10H2,2H3;;;;;. The molecule has 0 saturated carbocycles. The fourth-order valence-corrected chi connectivity index (χ4v) is 1.13. The van der Waals surface area contributed by atoms with Gasteiger partial charge in [-0.25, -0.2) is 0 Å². The molecule has 0 rings (SSSR count). The van der Waals surface area contributed by atoms with Crippen LogP contribution in [0.4, 0.5) is 0 Å². The van der Waals surface area contributed by atoms with E-state index < -0.39 is 0 Å². The van der Waals surface area contributed by atoms with Crippen LogP contribution in [0.15, 0.2) is 0 Å². The summed E-state index contributed by atoms with van der Waals surface area (Å²) in [4.78, 5) is 0. The Balaban J connectivity index is -0.000000405. The Labute approximate surface area is 107 Å². The minimum atomic E-state index is 0. The van der Waals surface area contributed by atoms with Crippen LogP contribution in [-0.2, 0) is 0 Å². The summed E-state index contributed by atoms with van der Waals surface area (Å²) in [5.41, 5.74) is 0. The predicted molar refractivity (Wildman–Crippen MR) is 63.7 cm³/mol. The van der Waals surface area contributed by atoms with Gasteiger partial charge in [0.1, 0.15) is 0 Å². The summed E-state index contributed by atoms with van der Waals surface area (Å²) in [5.74, 6) is 0. The first kappa shape index (κ1) is 19.0. The van der Waals surface area contributed by atoms with E-state index in [0.717, 1.165) is 6.42 Å². The average Bonchev–Trinajstić information content (AvgIpc) is 1.97. The largest absolute Gasteiger partial charge is 0.316 e. The van der Waals surface area contributed by atoms with E-state index in [9.17, 15) is 0 Å². The third-order valence-corrected chi connectivity index (χ3v) is 1.85. The normalized spacial score (nSPS) is 8.50. The van der Waals surface area contributed by atoms with Gasteiger partial charge >= 0.3 is 41.9 Å². The molecule has 0 nitrogen and oxygen atoms in total. The first-order valence-corrected chi connectivity index (χ1v) is 4.71. The molecule has 0 amide bonds. The molecule has 0 aliphatic carbocycles. The van der Waals surface area contributed by atoms with Crippen LogP contribution >= 0.6 is 0 Å². The number of hydrogen-bond acceptors (Lipinski definition) is 0. The van der Waals surface area contributed by atoms with E-state index in [1.165, 1.54) is 44.9 Å². The molecule has 0 spiro atoms. The summed E-state index contributed by atoms with van der Waals surface area (Å²) in [6.45, 7) is 6.08. The Morgan fingerprint density at radius 3 is 1.67 bits per heavy atom. The third kappa shape index (κ3) is 17.4. The molecule has 2 heteroatoms. The molecule has 0 aliphatic heterocycles. The molecule has 0 aromatic heterocycles. The monoisotopic (exact) mass is 175 g/mol. The molecular formula is C10H24LiMg. The van der Waals surface area contributed by atoms with Gasteiger partial charge in [0, 0.05) is 0 Å². The van der Waals surface area contributed by atoms with E-state index in [-0.39, 0.29) is 41.9 Å². The number of unbranched alkanes of at least 4 members (excludes halogenated alkanes) is 7. The minimum absolute atomic E-state index is 0. The van der Waals surface area contributed by atoms with E-state index in [0.29, 0.717) is 0 Å². The molecule has 0 bridgehead atoms. The van der Waals surface area contributed by atoms with Crippen LogP contribution in [-0.4, -0.2) is 41.9 Å². The topological polar surface area (TPSA) is 0 Å². The number of hydrogen-bond donors (Lipinski definition) is 0. The van der Waals surface area contributed by atoms with Crippen molar-refractivity contribution in [2.75, 3.05) is 0 Å². The fourth-order valence-electron chi connectivity index (χ4n) is 1.13. The predicted octanol–water partition coefficient (Wildman–Crippen LogP) is 2.40. The second-order valence-corrected chi connectivity index (χ2v) is 2.97. The maximum atomic E-state index is 3.82. The van der Waals surface area contributed by atoms with Crippen molar-refractivity contribution >= 4 is 41.9 Å². The summed E-state index contributed by atoms with van der Waals surface area (Å²) in [6, 6.07) is 0. The molecule has 0 atom stereocenters. The zero-order chi connectivity index (χ0) is 7.66. The summed E-state index contributed by atoms with van der Waals surface area (Å²) in [5, 5.41) is 0. The summed E-state index contributed by atoms with van der Waals surface area (Å²) in [7, 11) is 0. The van der Waals surface area contributed by atoms with Gasteiger partial charge in [0.2, 0.25) is 0 Å². The summed E-state index contributed by atoms with van der Waals surface area (Å²) >= 11 is 0. The SMILES string of the molecule is [CH2]CCCCCCCCC.[LiH].[MgH2]. The van der Waals surface area contributed by atoms with Crippen LogP contribution in [0.25, 0.3) is 0 Å². The molecule has 12 heavy (non-hydrogen) atoms. The molecule has 0 aliphatic rings. The third-order valence-electron chi connectivity index (χ3n) is 1.85. The second kappa shape index (κ2) is 18.2. The molecule has 0 heterocycles. The van der Waals surface area contributed by atoms with Crippen molar-refractivity contribution in [3.63, 3.8) is 0 Å². The van der Waals surface area contributed by atoms with Crippen molar-refractivity contribution in [3.8, 4) is 0 Å². The fraction of sp³-hybridized carbons (Fsp3) is 0.900. The van der Waals surface area contributed by atoms with Crippen LogP contribution in [0.2, 0.25) is 0 Å². The van der Waals surface area contributed by atoms with Crippen LogP contribution in [0, 0.1) is 6.92 Å². The zero-order valence-electron chi connectivity index (χ0n) is 7.36. The van der Waals surface area contributed by atoms with E-state index >= 15 is 0 Å². The quantitative estimate of drug-likeness (QED) is 0.412. The van der Waals surface area contributed by atoms with E-state index in [1.54, 1.807) is 0 Å². The molecule has 0 aromatic rings. The first-order valence-electron chi connectivity index (χ1n) is 4.71. The molecule has 0 unspecified atom stereocenters. The molecule has 0 fully saturated rings. The van der Waals surface area contributed by atoms with E-state index in [1.807, 2.05) is 0 Å². The molecule has 0 aromatic carbocycles. The Morgan fingerprint density at radius 2 is 1.25 bits per heavy atom. The second-order valence-electron chi connectivity index (χ2n) is 2.97. The Hall–Kier alpha value is 1.36. The Kier molecular flexibility index (Phi) is 28.9. The van der Waals surface area contributed by atoms with E-state index in [2.05, 4.69) is 13.8 Å². The Morgan fingerprint density at radius 1 is 0.833 bits per heavy atom. The van der Waals surface area contributed by atoms with Gasteiger partial charge in [0.05, 0.1) is 0 Å². The number of rotatable bonds is 7. The van der Waals surface area contributed by atoms with Gasteiger partial charge in [0.25, 0.3) is 0 Å². The van der Waals surface area contributed by atoms with E-state index in [4.69, 9.17) is 0 Å². The molecule has 0 saturated heterocycles. The summed E-state index contributed by atoms with van der Waals surface area (Å²) in [6.07, 6.45) is 10.9. The van der Waals surface area contributed by atoms with Gasteiger partial charge < -0.3 is 0 Å².